The summed E-state index contributed by atoms with van der Waals surface area (Å²) in [4.78, 5) is 14.9. The zero-order valence-corrected chi connectivity index (χ0v) is 10.8. The molecule has 0 spiro atoms. The molecule has 0 saturated heterocycles. The van der Waals surface area contributed by atoms with Gasteiger partial charge in [0.15, 0.2) is 0 Å². The minimum Gasteiger partial charge on any atom is -0.478 e. The maximum absolute atomic E-state index is 11.0. The molecule has 1 rings (SSSR count). The predicted octanol–water partition coefficient (Wildman–Crippen LogP) is 3.28. The molecular formula is C12H17ClN2O2. The molecule has 17 heavy (non-hydrogen) atoms. The fourth-order valence-corrected chi connectivity index (χ4v) is 1.61. The van der Waals surface area contributed by atoms with Gasteiger partial charge in [0, 0.05) is 6.54 Å². The number of carboxylic acids is 1. The number of nitrogens with zero attached hydrogens (tertiary/aromatic N) is 1. The van der Waals surface area contributed by atoms with Gasteiger partial charge >= 0.3 is 5.97 Å². The van der Waals surface area contributed by atoms with Crippen molar-refractivity contribution in [2.45, 2.75) is 26.7 Å². The van der Waals surface area contributed by atoms with Crippen LogP contribution in [0.5, 0.6) is 0 Å². The minimum atomic E-state index is -1.000. The molecular weight excluding hydrogens is 240 g/mol. The van der Waals surface area contributed by atoms with Crippen molar-refractivity contribution in [1.82, 2.24) is 4.98 Å². The summed E-state index contributed by atoms with van der Waals surface area (Å²) in [5.41, 5.74) is 0.152. The summed E-state index contributed by atoms with van der Waals surface area (Å²) >= 11 is 5.74. The Labute approximate surface area is 106 Å². The molecule has 0 aliphatic rings. The Morgan fingerprint density at radius 1 is 1.53 bits per heavy atom. The van der Waals surface area contributed by atoms with E-state index in [1.165, 1.54) is 12.1 Å². The van der Waals surface area contributed by atoms with Gasteiger partial charge in [-0.25, -0.2) is 9.78 Å². The van der Waals surface area contributed by atoms with Gasteiger partial charge in [-0.05, 0) is 30.9 Å². The van der Waals surface area contributed by atoms with E-state index in [-0.39, 0.29) is 5.56 Å². The van der Waals surface area contributed by atoms with Crippen molar-refractivity contribution in [3.8, 4) is 0 Å². The maximum Gasteiger partial charge on any atom is 0.339 e. The number of carboxylic acid groups (broad SMARTS) is 1. The standard InChI is InChI=1S/C12H17ClN2O2/c1-8(2)4-3-7-14-11-9(12(16)17)5-6-10(13)15-11/h5-6,8H,3-4,7H2,1-2H3,(H,14,15)(H,16,17). The average molecular weight is 257 g/mol. The summed E-state index contributed by atoms with van der Waals surface area (Å²) in [6.07, 6.45) is 2.07. The van der Waals surface area contributed by atoms with Crippen molar-refractivity contribution >= 4 is 23.4 Å². The van der Waals surface area contributed by atoms with Crippen molar-refractivity contribution in [3.63, 3.8) is 0 Å². The van der Waals surface area contributed by atoms with E-state index in [2.05, 4.69) is 24.1 Å². The molecule has 1 heterocycles. The van der Waals surface area contributed by atoms with Crippen LogP contribution in [0.25, 0.3) is 0 Å². The number of hydrogen-bond donors (Lipinski definition) is 2. The first-order valence-corrected chi connectivity index (χ1v) is 6.02. The third-order valence-corrected chi connectivity index (χ3v) is 2.55. The third kappa shape index (κ3) is 4.61. The Morgan fingerprint density at radius 3 is 2.82 bits per heavy atom. The van der Waals surface area contributed by atoms with Crippen LogP contribution in [0.1, 0.15) is 37.0 Å². The van der Waals surface area contributed by atoms with Gasteiger partial charge in [-0.15, -0.1) is 0 Å². The van der Waals surface area contributed by atoms with Crippen LogP contribution in [0.4, 0.5) is 5.82 Å². The van der Waals surface area contributed by atoms with E-state index in [1.807, 2.05) is 0 Å². The van der Waals surface area contributed by atoms with E-state index in [4.69, 9.17) is 16.7 Å². The summed E-state index contributed by atoms with van der Waals surface area (Å²) < 4.78 is 0. The zero-order chi connectivity index (χ0) is 12.8. The molecule has 0 aliphatic heterocycles. The highest BCUT2D eigenvalue weighted by Gasteiger charge is 2.11. The number of anilines is 1. The van der Waals surface area contributed by atoms with Gasteiger partial charge in [-0.2, -0.15) is 0 Å². The monoisotopic (exact) mass is 256 g/mol. The van der Waals surface area contributed by atoms with Crippen LogP contribution in [0.15, 0.2) is 12.1 Å². The lowest BCUT2D eigenvalue weighted by Gasteiger charge is -2.09. The topological polar surface area (TPSA) is 62.2 Å². The molecule has 2 N–H and O–H groups in total. The number of aromatic nitrogens is 1. The molecule has 94 valence electrons. The molecule has 0 aromatic carbocycles. The third-order valence-electron chi connectivity index (χ3n) is 2.34. The number of aromatic carboxylic acids is 1. The Morgan fingerprint density at radius 2 is 2.24 bits per heavy atom. The molecule has 1 aromatic heterocycles. The lowest BCUT2D eigenvalue weighted by molar-refractivity contribution is 0.0697. The fourth-order valence-electron chi connectivity index (χ4n) is 1.46. The van der Waals surface area contributed by atoms with E-state index in [0.717, 1.165) is 12.8 Å². The molecule has 0 bridgehead atoms. The van der Waals surface area contributed by atoms with Crippen LogP contribution >= 0.6 is 11.6 Å². The average Bonchev–Trinajstić information content (AvgIpc) is 2.23. The summed E-state index contributed by atoms with van der Waals surface area (Å²) in [5, 5.41) is 12.3. The van der Waals surface area contributed by atoms with Gasteiger partial charge in [-0.1, -0.05) is 25.4 Å². The lowest BCUT2D eigenvalue weighted by Crippen LogP contribution is -2.10. The highest BCUT2D eigenvalue weighted by molar-refractivity contribution is 6.29. The van der Waals surface area contributed by atoms with Crippen LogP contribution in [0.3, 0.4) is 0 Å². The van der Waals surface area contributed by atoms with E-state index in [9.17, 15) is 4.79 Å². The first-order chi connectivity index (χ1) is 8.00. The van der Waals surface area contributed by atoms with Crippen molar-refractivity contribution in [2.24, 2.45) is 5.92 Å². The van der Waals surface area contributed by atoms with Crippen LogP contribution in [-0.2, 0) is 0 Å². The first kappa shape index (κ1) is 13.8. The molecule has 4 nitrogen and oxygen atoms in total. The van der Waals surface area contributed by atoms with Crippen LogP contribution in [0, 0.1) is 5.92 Å². The van der Waals surface area contributed by atoms with Crippen molar-refractivity contribution in [2.75, 3.05) is 11.9 Å². The molecule has 1 aromatic rings. The molecule has 0 saturated carbocycles. The second kappa shape index (κ2) is 6.45. The smallest absolute Gasteiger partial charge is 0.339 e. The normalized spacial score (nSPS) is 10.6. The quantitative estimate of drug-likeness (QED) is 0.606. The second-order valence-electron chi connectivity index (χ2n) is 4.30. The molecule has 0 atom stereocenters. The summed E-state index contributed by atoms with van der Waals surface area (Å²) in [6.45, 7) is 5.01. The molecule has 0 radical (unpaired) electrons. The van der Waals surface area contributed by atoms with Crippen LogP contribution < -0.4 is 5.32 Å². The number of carbonyl (C=O) groups is 1. The van der Waals surface area contributed by atoms with Crippen molar-refractivity contribution < 1.29 is 9.90 Å². The molecule has 0 aliphatic carbocycles. The first-order valence-electron chi connectivity index (χ1n) is 5.64. The highest BCUT2D eigenvalue weighted by atomic mass is 35.5. The van der Waals surface area contributed by atoms with Crippen molar-refractivity contribution in [1.29, 1.82) is 0 Å². The maximum atomic E-state index is 11.0. The Bertz CT molecular complexity index is 394. The summed E-state index contributed by atoms with van der Waals surface area (Å²) in [5.74, 6) is -0.0163. The Hall–Kier alpha value is -1.29. The summed E-state index contributed by atoms with van der Waals surface area (Å²) in [7, 11) is 0. The van der Waals surface area contributed by atoms with E-state index >= 15 is 0 Å². The molecule has 0 unspecified atom stereocenters. The van der Waals surface area contributed by atoms with Gasteiger partial charge in [0.1, 0.15) is 16.5 Å². The highest BCUT2D eigenvalue weighted by Crippen LogP contribution is 2.16. The predicted molar refractivity (Wildman–Crippen MR) is 68.8 cm³/mol. The van der Waals surface area contributed by atoms with Gasteiger partial charge in [-0.3, -0.25) is 0 Å². The number of hydrogen-bond acceptors (Lipinski definition) is 3. The number of pyridine rings is 1. The Balaban J connectivity index is 2.62. The number of rotatable bonds is 6. The van der Waals surface area contributed by atoms with Crippen LogP contribution in [0.2, 0.25) is 5.15 Å². The van der Waals surface area contributed by atoms with Crippen molar-refractivity contribution in [3.05, 3.63) is 22.8 Å². The molecule has 5 heteroatoms. The van der Waals surface area contributed by atoms with Gasteiger partial charge in [0.05, 0.1) is 0 Å². The van der Waals surface area contributed by atoms with E-state index in [0.29, 0.717) is 23.4 Å². The minimum absolute atomic E-state index is 0.152. The van der Waals surface area contributed by atoms with E-state index in [1.54, 1.807) is 0 Å². The second-order valence-corrected chi connectivity index (χ2v) is 4.69. The molecule has 0 amide bonds. The van der Waals surface area contributed by atoms with E-state index < -0.39 is 5.97 Å². The Kier molecular flexibility index (Phi) is 5.22. The summed E-state index contributed by atoms with van der Waals surface area (Å²) in [6, 6.07) is 2.94. The SMILES string of the molecule is CC(C)CCCNc1nc(Cl)ccc1C(=O)O. The zero-order valence-electron chi connectivity index (χ0n) is 10.0. The van der Waals surface area contributed by atoms with Gasteiger partial charge in [0.25, 0.3) is 0 Å². The van der Waals surface area contributed by atoms with Crippen LogP contribution in [-0.4, -0.2) is 22.6 Å². The van der Waals surface area contributed by atoms with Gasteiger partial charge in [0.2, 0.25) is 0 Å². The van der Waals surface area contributed by atoms with Gasteiger partial charge < -0.3 is 10.4 Å². The number of nitrogens with one attached hydrogen (secondary N) is 1. The molecule has 0 fully saturated rings. The number of halogens is 1. The lowest BCUT2D eigenvalue weighted by atomic mass is 10.1. The fraction of sp³-hybridized carbons (Fsp3) is 0.500. The largest absolute Gasteiger partial charge is 0.478 e.